The van der Waals surface area contributed by atoms with Crippen LogP contribution in [0.25, 0.3) is 10.9 Å². The summed E-state index contributed by atoms with van der Waals surface area (Å²) >= 11 is 0. The fourth-order valence-electron chi connectivity index (χ4n) is 2.43. The molecule has 2 rings (SSSR count). The van der Waals surface area contributed by atoms with Crippen molar-refractivity contribution in [2.75, 3.05) is 33.4 Å². The van der Waals surface area contributed by atoms with Gasteiger partial charge in [-0.1, -0.05) is 26.0 Å². The van der Waals surface area contributed by atoms with Crippen molar-refractivity contribution in [2.45, 2.75) is 20.4 Å². The van der Waals surface area contributed by atoms with Gasteiger partial charge in [-0.15, -0.1) is 0 Å². The van der Waals surface area contributed by atoms with Crippen molar-refractivity contribution in [3.8, 4) is 0 Å². The molecular weight excluding hydrogens is 320 g/mol. The van der Waals surface area contributed by atoms with Crippen LogP contribution in [0.4, 0.5) is 0 Å². The van der Waals surface area contributed by atoms with Crippen molar-refractivity contribution in [2.24, 2.45) is 5.92 Å². The molecule has 136 valence electrons. The molecule has 0 unspecified atom stereocenters. The highest BCUT2D eigenvalue weighted by atomic mass is 16.5. The molecule has 1 amide bonds. The Morgan fingerprint density at radius 2 is 2.12 bits per heavy atom. The first kappa shape index (κ1) is 19.1. The number of benzene rings is 1. The summed E-state index contributed by atoms with van der Waals surface area (Å²) in [6.07, 6.45) is 0. The lowest BCUT2D eigenvalue weighted by atomic mass is 10.2. The Kier molecular flexibility index (Phi) is 7.09. The van der Waals surface area contributed by atoms with Crippen LogP contribution in [0.3, 0.4) is 0 Å². The number of hydrogen-bond donors (Lipinski definition) is 2. The second-order valence-electron chi connectivity index (χ2n) is 6.43. The number of aromatic nitrogens is 2. The summed E-state index contributed by atoms with van der Waals surface area (Å²) in [6, 6.07) is 7.21. The molecule has 0 saturated heterocycles. The summed E-state index contributed by atoms with van der Waals surface area (Å²) in [7, 11) is 1.62. The van der Waals surface area contributed by atoms with Gasteiger partial charge in [-0.05, 0) is 18.1 Å². The van der Waals surface area contributed by atoms with Gasteiger partial charge in [0.2, 0.25) is 5.91 Å². The van der Waals surface area contributed by atoms with Gasteiger partial charge >= 0.3 is 0 Å². The number of aromatic amines is 1. The third kappa shape index (κ3) is 5.95. The molecule has 0 atom stereocenters. The summed E-state index contributed by atoms with van der Waals surface area (Å²) in [5, 5.41) is 3.46. The number of para-hydroxylation sites is 1. The molecule has 1 heterocycles. The Bertz CT molecular complexity index is 757. The number of hydrogen-bond acceptors (Lipinski definition) is 5. The van der Waals surface area contributed by atoms with E-state index in [1.807, 2.05) is 36.9 Å². The summed E-state index contributed by atoms with van der Waals surface area (Å²) in [6.45, 7) is 6.41. The van der Waals surface area contributed by atoms with Crippen LogP contribution in [0.1, 0.15) is 19.7 Å². The van der Waals surface area contributed by atoms with Crippen LogP contribution in [0, 0.1) is 5.92 Å². The largest absolute Gasteiger partial charge is 0.383 e. The number of ether oxygens (including phenoxy) is 1. The Hall–Kier alpha value is -2.25. The first-order valence-electron chi connectivity index (χ1n) is 8.45. The molecule has 1 aromatic carbocycles. The average Bonchev–Trinajstić information content (AvgIpc) is 2.58. The van der Waals surface area contributed by atoms with Gasteiger partial charge in [-0.2, -0.15) is 0 Å². The van der Waals surface area contributed by atoms with Crippen molar-refractivity contribution in [3.05, 3.63) is 40.4 Å². The molecule has 2 aromatic rings. The summed E-state index contributed by atoms with van der Waals surface area (Å²) in [5.74, 6) is 0.888. The molecule has 0 radical (unpaired) electrons. The monoisotopic (exact) mass is 346 g/mol. The molecule has 7 nitrogen and oxygen atoms in total. The van der Waals surface area contributed by atoms with E-state index in [4.69, 9.17) is 4.74 Å². The molecule has 1 aromatic heterocycles. The minimum absolute atomic E-state index is 0.0482. The Balaban J connectivity index is 2.10. The van der Waals surface area contributed by atoms with E-state index in [1.54, 1.807) is 13.2 Å². The molecule has 7 heteroatoms. The molecule has 0 aliphatic rings. The summed E-state index contributed by atoms with van der Waals surface area (Å²) < 4.78 is 5.12. The van der Waals surface area contributed by atoms with Gasteiger partial charge in [0.15, 0.2) is 0 Å². The molecular formula is C18H26N4O3. The normalized spacial score (nSPS) is 11.4. The second-order valence-corrected chi connectivity index (χ2v) is 6.43. The van der Waals surface area contributed by atoms with Gasteiger partial charge in [-0.3, -0.25) is 14.5 Å². The van der Waals surface area contributed by atoms with E-state index < -0.39 is 0 Å². The number of methoxy groups -OCH3 is 1. The predicted molar refractivity (Wildman–Crippen MR) is 97.4 cm³/mol. The fourth-order valence-corrected chi connectivity index (χ4v) is 2.43. The van der Waals surface area contributed by atoms with E-state index in [0.717, 1.165) is 0 Å². The van der Waals surface area contributed by atoms with Crippen LogP contribution in [-0.2, 0) is 16.1 Å². The number of fused-ring (bicyclic) bond motifs is 1. The number of nitrogens with zero attached hydrogens (tertiary/aromatic N) is 2. The highest BCUT2D eigenvalue weighted by Crippen LogP contribution is 2.07. The van der Waals surface area contributed by atoms with E-state index in [2.05, 4.69) is 15.3 Å². The van der Waals surface area contributed by atoms with Gasteiger partial charge in [0, 0.05) is 20.2 Å². The average molecular weight is 346 g/mol. The van der Waals surface area contributed by atoms with E-state index in [-0.39, 0.29) is 18.0 Å². The predicted octanol–water partition coefficient (Wildman–Crippen LogP) is 1.14. The Morgan fingerprint density at radius 1 is 1.36 bits per heavy atom. The number of rotatable bonds is 9. The minimum atomic E-state index is -0.170. The summed E-state index contributed by atoms with van der Waals surface area (Å²) in [5.41, 5.74) is 0.480. The molecule has 0 spiro atoms. The Morgan fingerprint density at radius 3 is 2.84 bits per heavy atom. The van der Waals surface area contributed by atoms with Crippen molar-refractivity contribution < 1.29 is 9.53 Å². The van der Waals surface area contributed by atoms with E-state index >= 15 is 0 Å². The minimum Gasteiger partial charge on any atom is -0.383 e. The molecule has 0 bridgehead atoms. The summed E-state index contributed by atoms with van der Waals surface area (Å²) in [4.78, 5) is 33.5. The van der Waals surface area contributed by atoms with Gasteiger partial charge in [0.05, 0.1) is 30.6 Å². The van der Waals surface area contributed by atoms with Gasteiger partial charge < -0.3 is 15.0 Å². The number of carbonyl (C=O) groups excluding carboxylic acids is 1. The molecule has 0 saturated carbocycles. The maximum Gasteiger partial charge on any atom is 0.258 e. The fraction of sp³-hybridized carbons (Fsp3) is 0.500. The van der Waals surface area contributed by atoms with Crippen LogP contribution in [0.15, 0.2) is 29.1 Å². The highest BCUT2D eigenvalue weighted by Gasteiger charge is 2.13. The SMILES string of the molecule is COCCN(CC(=O)NCC(C)C)Cc1nc2ccccc2c(=O)[nH]1. The molecule has 2 N–H and O–H groups in total. The van der Waals surface area contributed by atoms with E-state index in [9.17, 15) is 9.59 Å². The van der Waals surface area contributed by atoms with Crippen LogP contribution < -0.4 is 10.9 Å². The van der Waals surface area contributed by atoms with Crippen LogP contribution >= 0.6 is 0 Å². The quantitative estimate of drug-likeness (QED) is 0.711. The molecule has 0 aliphatic carbocycles. The topological polar surface area (TPSA) is 87.3 Å². The molecule has 0 aliphatic heterocycles. The van der Waals surface area contributed by atoms with Crippen LogP contribution in [-0.4, -0.2) is 54.1 Å². The first-order valence-corrected chi connectivity index (χ1v) is 8.45. The smallest absolute Gasteiger partial charge is 0.258 e. The zero-order chi connectivity index (χ0) is 18.2. The highest BCUT2D eigenvalue weighted by molar-refractivity contribution is 5.78. The van der Waals surface area contributed by atoms with Crippen molar-refractivity contribution >= 4 is 16.8 Å². The number of H-pyrrole nitrogens is 1. The van der Waals surface area contributed by atoms with Crippen LogP contribution in [0.2, 0.25) is 0 Å². The number of amides is 1. The van der Waals surface area contributed by atoms with E-state index in [0.29, 0.717) is 48.9 Å². The third-order valence-corrected chi connectivity index (χ3v) is 3.72. The number of nitrogens with one attached hydrogen (secondary N) is 2. The standard InChI is InChI=1S/C18H26N4O3/c1-13(2)10-19-17(23)12-22(8-9-25-3)11-16-20-15-7-5-4-6-14(15)18(24)21-16/h4-7,13H,8-12H2,1-3H3,(H,19,23)(H,20,21,24). The van der Waals surface area contributed by atoms with Crippen molar-refractivity contribution in [3.63, 3.8) is 0 Å². The molecule has 25 heavy (non-hydrogen) atoms. The maximum atomic E-state index is 12.2. The zero-order valence-corrected chi connectivity index (χ0v) is 15.0. The molecule has 0 fully saturated rings. The van der Waals surface area contributed by atoms with Gasteiger partial charge in [0.1, 0.15) is 5.82 Å². The second kappa shape index (κ2) is 9.29. The maximum absolute atomic E-state index is 12.2. The lowest BCUT2D eigenvalue weighted by Crippen LogP contribution is -2.40. The lowest BCUT2D eigenvalue weighted by molar-refractivity contribution is -0.122. The van der Waals surface area contributed by atoms with Crippen LogP contribution in [0.5, 0.6) is 0 Å². The lowest BCUT2D eigenvalue weighted by Gasteiger charge is -2.21. The number of carbonyl (C=O) groups is 1. The third-order valence-electron chi connectivity index (χ3n) is 3.72. The van der Waals surface area contributed by atoms with Crippen molar-refractivity contribution in [1.82, 2.24) is 20.2 Å². The van der Waals surface area contributed by atoms with Crippen molar-refractivity contribution in [1.29, 1.82) is 0 Å². The van der Waals surface area contributed by atoms with Gasteiger partial charge in [-0.25, -0.2) is 4.98 Å². The zero-order valence-electron chi connectivity index (χ0n) is 15.0. The van der Waals surface area contributed by atoms with Gasteiger partial charge in [0.25, 0.3) is 5.56 Å². The van der Waals surface area contributed by atoms with E-state index in [1.165, 1.54) is 0 Å². The Labute approximate surface area is 147 Å². The first-order chi connectivity index (χ1) is 12.0.